The van der Waals surface area contributed by atoms with Crippen molar-refractivity contribution >= 4 is 5.91 Å². The number of benzene rings is 1. The van der Waals surface area contributed by atoms with E-state index in [0.29, 0.717) is 37.7 Å². The molecule has 22 heavy (non-hydrogen) atoms. The molecule has 1 aliphatic heterocycles. The molecule has 0 saturated carbocycles. The van der Waals surface area contributed by atoms with Gasteiger partial charge in [0.25, 0.3) is 5.91 Å². The van der Waals surface area contributed by atoms with E-state index in [0.717, 1.165) is 5.56 Å². The topological polar surface area (TPSA) is 112 Å². The number of aromatic nitrogens is 3. The number of aromatic amines is 1. The summed E-state index contributed by atoms with van der Waals surface area (Å²) in [6.07, 6.45) is 0.504. The van der Waals surface area contributed by atoms with Crippen molar-refractivity contribution in [1.82, 2.24) is 15.4 Å². The van der Waals surface area contributed by atoms with Crippen LogP contribution in [-0.4, -0.2) is 47.4 Å². The first-order valence-corrected chi connectivity index (χ1v) is 6.91. The molecular weight excluding hydrogens is 288 g/mol. The minimum absolute atomic E-state index is 0.115. The van der Waals surface area contributed by atoms with Crippen LogP contribution in [0.5, 0.6) is 5.75 Å². The van der Waals surface area contributed by atoms with Gasteiger partial charge in [-0.1, -0.05) is 0 Å². The molecule has 2 aromatic rings. The number of primary amides is 1. The number of amides is 1. The number of nitrogens with one attached hydrogen (secondary N) is 1. The zero-order chi connectivity index (χ0) is 15.4. The Kier molecular flexibility index (Phi) is 4.31. The molecule has 3 rings (SSSR count). The molecule has 1 fully saturated rings. The Morgan fingerprint density at radius 2 is 2.00 bits per heavy atom. The molecule has 8 nitrogen and oxygen atoms in total. The molecule has 1 aromatic heterocycles. The van der Waals surface area contributed by atoms with Gasteiger partial charge in [-0.25, -0.2) is 0 Å². The SMILES string of the molecule is NC(=O)c1n[nH]nc1-c1ccc(OCCC2OCCO2)cc1. The number of nitrogens with two attached hydrogens (primary N) is 1. The highest BCUT2D eigenvalue weighted by molar-refractivity contribution is 5.96. The molecule has 1 aromatic carbocycles. The summed E-state index contributed by atoms with van der Waals surface area (Å²) in [6, 6.07) is 7.18. The third-order valence-corrected chi connectivity index (χ3v) is 3.22. The zero-order valence-corrected chi connectivity index (χ0v) is 11.8. The molecule has 0 unspecified atom stereocenters. The predicted octanol–water partition coefficient (Wildman–Crippen LogP) is 0.712. The number of carbonyl (C=O) groups is 1. The molecule has 1 aliphatic rings. The molecule has 0 atom stereocenters. The minimum atomic E-state index is -0.624. The maximum absolute atomic E-state index is 11.2. The van der Waals surface area contributed by atoms with Crippen molar-refractivity contribution in [2.45, 2.75) is 12.7 Å². The van der Waals surface area contributed by atoms with E-state index < -0.39 is 5.91 Å². The highest BCUT2D eigenvalue weighted by atomic mass is 16.7. The summed E-state index contributed by atoms with van der Waals surface area (Å²) in [5, 5.41) is 10.1. The fourth-order valence-electron chi connectivity index (χ4n) is 2.16. The predicted molar refractivity (Wildman–Crippen MR) is 76.1 cm³/mol. The number of hydrogen-bond acceptors (Lipinski definition) is 6. The van der Waals surface area contributed by atoms with Crippen molar-refractivity contribution in [2.75, 3.05) is 19.8 Å². The Hall–Kier alpha value is -2.45. The van der Waals surface area contributed by atoms with Crippen LogP contribution in [0.2, 0.25) is 0 Å². The fourth-order valence-corrected chi connectivity index (χ4v) is 2.16. The number of rotatable bonds is 6. The molecule has 2 heterocycles. The average Bonchev–Trinajstić information content (AvgIpc) is 3.19. The van der Waals surface area contributed by atoms with E-state index >= 15 is 0 Å². The van der Waals surface area contributed by atoms with E-state index in [1.54, 1.807) is 24.3 Å². The maximum atomic E-state index is 11.2. The van der Waals surface area contributed by atoms with Gasteiger partial charge in [-0.2, -0.15) is 15.4 Å². The second kappa shape index (κ2) is 6.54. The Morgan fingerprint density at radius 3 is 2.68 bits per heavy atom. The largest absolute Gasteiger partial charge is 0.493 e. The van der Waals surface area contributed by atoms with Crippen molar-refractivity contribution in [3.05, 3.63) is 30.0 Å². The number of H-pyrrole nitrogens is 1. The minimum Gasteiger partial charge on any atom is -0.493 e. The van der Waals surface area contributed by atoms with Gasteiger partial charge in [-0.15, -0.1) is 0 Å². The summed E-state index contributed by atoms with van der Waals surface area (Å²) in [4.78, 5) is 11.2. The highest BCUT2D eigenvalue weighted by Gasteiger charge is 2.16. The van der Waals surface area contributed by atoms with Crippen LogP contribution in [0, 0.1) is 0 Å². The van der Waals surface area contributed by atoms with Gasteiger partial charge < -0.3 is 19.9 Å². The van der Waals surface area contributed by atoms with Gasteiger partial charge in [0.05, 0.1) is 19.8 Å². The summed E-state index contributed by atoms with van der Waals surface area (Å²) < 4.78 is 16.3. The molecule has 0 aliphatic carbocycles. The molecule has 0 spiro atoms. The fraction of sp³-hybridized carbons (Fsp3) is 0.357. The van der Waals surface area contributed by atoms with E-state index in [9.17, 15) is 4.79 Å². The van der Waals surface area contributed by atoms with Gasteiger partial charge in [0.1, 0.15) is 11.4 Å². The van der Waals surface area contributed by atoms with Crippen LogP contribution in [0.15, 0.2) is 24.3 Å². The normalized spacial score (nSPS) is 15.1. The Balaban J connectivity index is 1.60. The van der Waals surface area contributed by atoms with E-state index in [1.807, 2.05) is 0 Å². The van der Waals surface area contributed by atoms with Crippen molar-refractivity contribution in [2.24, 2.45) is 5.73 Å². The lowest BCUT2D eigenvalue weighted by Gasteiger charge is -2.10. The molecule has 116 valence electrons. The lowest BCUT2D eigenvalue weighted by atomic mass is 10.1. The van der Waals surface area contributed by atoms with Gasteiger partial charge in [0, 0.05) is 12.0 Å². The van der Waals surface area contributed by atoms with Gasteiger partial charge in [0.15, 0.2) is 12.0 Å². The van der Waals surface area contributed by atoms with E-state index in [1.165, 1.54) is 0 Å². The van der Waals surface area contributed by atoms with Crippen molar-refractivity contribution in [3.63, 3.8) is 0 Å². The smallest absolute Gasteiger partial charge is 0.271 e. The van der Waals surface area contributed by atoms with Crippen molar-refractivity contribution in [3.8, 4) is 17.0 Å². The summed E-state index contributed by atoms with van der Waals surface area (Å²) in [5.41, 5.74) is 6.51. The quantitative estimate of drug-likeness (QED) is 0.813. The van der Waals surface area contributed by atoms with Crippen LogP contribution >= 0.6 is 0 Å². The van der Waals surface area contributed by atoms with Gasteiger partial charge in [-0.3, -0.25) is 4.79 Å². The van der Waals surface area contributed by atoms with Crippen LogP contribution in [-0.2, 0) is 9.47 Å². The first-order valence-electron chi connectivity index (χ1n) is 6.91. The number of hydrogen-bond donors (Lipinski definition) is 2. The van der Waals surface area contributed by atoms with Crippen LogP contribution < -0.4 is 10.5 Å². The number of ether oxygens (including phenoxy) is 3. The lowest BCUT2D eigenvalue weighted by Crippen LogP contribution is -2.13. The molecule has 1 amide bonds. The van der Waals surface area contributed by atoms with E-state index in [2.05, 4.69) is 15.4 Å². The first-order chi connectivity index (χ1) is 10.7. The zero-order valence-electron chi connectivity index (χ0n) is 11.8. The summed E-state index contributed by atoms with van der Waals surface area (Å²) in [7, 11) is 0. The summed E-state index contributed by atoms with van der Waals surface area (Å²) in [6.45, 7) is 1.78. The summed E-state index contributed by atoms with van der Waals surface area (Å²) >= 11 is 0. The molecule has 8 heteroatoms. The molecule has 0 bridgehead atoms. The Bertz CT molecular complexity index is 635. The lowest BCUT2D eigenvalue weighted by molar-refractivity contribution is -0.0531. The molecular formula is C14H16N4O4. The third kappa shape index (κ3) is 3.23. The number of nitrogens with zero attached hydrogens (tertiary/aromatic N) is 2. The van der Waals surface area contributed by atoms with Crippen LogP contribution in [0.25, 0.3) is 11.3 Å². The first kappa shape index (κ1) is 14.5. The standard InChI is InChI=1S/C14H16N4O4/c15-14(19)13-12(16-18-17-13)9-1-3-10(4-2-9)20-6-5-11-21-7-8-22-11/h1-4,11H,5-8H2,(H2,15,19)(H,16,17,18). The van der Waals surface area contributed by atoms with Crippen molar-refractivity contribution in [1.29, 1.82) is 0 Å². The van der Waals surface area contributed by atoms with Crippen LogP contribution in [0.4, 0.5) is 0 Å². The number of carbonyl (C=O) groups excluding carboxylic acids is 1. The average molecular weight is 304 g/mol. The third-order valence-electron chi connectivity index (χ3n) is 3.22. The van der Waals surface area contributed by atoms with E-state index in [4.69, 9.17) is 19.9 Å². The Morgan fingerprint density at radius 1 is 1.27 bits per heavy atom. The Labute approximate surface area is 126 Å². The van der Waals surface area contributed by atoms with Gasteiger partial charge in [0.2, 0.25) is 0 Å². The maximum Gasteiger partial charge on any atom is 0.271 e. The van der Waals surface area contributed by atoms with Gasteiger partial charge >= 0.3 is 0 Å². The monoisotopic (exact) mass is 304 g/mol. The van der Waals surface area contributed by atoms with Crippen LogP contribution in [0.1, 0.15) is 16.9 Å². The van der Waals surface area contributed by atoms with E-state index in [-0.39, 0.29) is 12.0 Å². The van der Waals surface area contributed by atoms with Gasteiger partial charge in [-0.05, 0) is 24.3 Å². The molecule has 0 radical (unpaired) electrons. The summed E-state index contributed by atoms with van der Waals surface area (Å²) in [5.74, 6) is 0.0894. The second-order valence-electron chi connectivity index (χ2n) is 4.72. The second-order valence-corrected chi connectivity index (χ2v) is 4.72. The van der Waals surface area contributed by atoms with Crippen molar-refractivity contribution < 1.29 is 19.0 Å². The highest BCUT2D eigenvalue weighted by Crippen LogP contribution is 2.22. The molecule has 3 N–H and O–H groups in total. The molecule has 1 saturated heterocycles. The van der Waals surface area contributed by atoms with Crippen LogP contribution in [0.3, 0.4) is 0 Å².